The molecule has 1 aliphatic rings. The van der Waals surface area contributed by atoms with Crippen LogP contribution in [0.25, 0.3) is 12.8 Å². The average Bonchev–Trinajstić information content (AvgIpc) is 3.36. The number of rotatable bonds is 10. The van der Waals surface area contributed by atoms with Crippen LogP contribution >= 0.6 is 0 Å². The van der Waals surface area contributed by atoms with Crippen LogP contribution in [-0.2, 0) is 9.53 Å². The highest BCUT2D eigenvalue weighted by Gasteiger charge is 2.30. The van der Waals surface area contributed by atoms with Crippen molar-refractivity contribution in [2.24, 2.45) is 4.99 Å². The first-order chi connectivity index (χ1) is 21.1. The van der Waals surface area contributed by atoms with Crippen molar-refractivity contribution in [1.29, 1.82) is 0 Å². The molecule has 4 rings (SSSR count). The summed E-state index contributed by atoms with van der Waals surface area (Å²) >= 11 is 0. The van der Waals surface area contributed by atoms with Crippen LogP contribution in [0.1, 0.15) is 23.0 Å². The van der Waals surface area contributed by atoms with Gasteiger partial charge in [0, 0.05) is 37.1 Å². The molecule has 0 unspecified atom stereocenters. The summed E-state index contributed by atoms with van der Waals surface area (Å²) in [5.74, 6) is -4.63. The molecule has 2 aromatic carbocycles. The van der Waals surface area contributed by atoms with Gasteiger partial charge < -0.3 is 39.5 Å². The normalized spacial score (nSPS) is 13.8. The Morgan fingerprint density at radius 3 is 2.30 bits per heavy atom. The standard InChI is InChI=1S/C31H33F2N5O6/c1-7-25(39)37-21-14-19(38-10-12-43-13-11-38)8-9-20(21)36-18(3)35-16-24-17(2)29(34-4)31(44-24)30(40)26-27(32)22(41-5)15-23(42-6)28(26)33/h7-9,14-16,34H,1-2,10-13H2,3-6H3,(H,35,36)(H,37,39)/b24-16+. The molecule has 0 bridgehead atoms. The Balaban J connectivity index is 1.68. The Bertz CT molecular complexity index is 1700. The molecule has 1 saturated heterocycles. The van der Waals surface area contributed by atoms with Gasteiger partial charge in [0.15, 0.2) is 34.3 Å². The molecule has 232 valence electrons. The lowest BCUT2D eigenvalue weighted by Gasteiger charge is -2.29. The average molecular weight is 610 g/mol. The minimum atomic E-state index is -1.21. The van der Waals surface area contributed by atoms with E-state index in [1.165, 1.54) is 33.5 Å². The van der Waals surface area contributed by atoms with E-state index in [1.807, 2.05) is 18.2 Å². The number of methoxy groups -OCH3 is 2. The van der Waals surface area contributed by atoms with Crippen LogP contribution in [0.5, 0.6) is 11.5 Å². The molecule has 0 spiro atoms. The number of furan rings is 1. The number of anilines is 4. The van der Waals surface area contributed by atoms with Gasteiger partial charge in [-0.1, -0.05) is 13.2 Å². The maximum atomic E-state index is 15.1. The molecule has 0 radical (unpaired) electrons. The van der Waals surface area contributed by atoms with Crippen LogP contribution in [-0.4, -0.2) is 65.1 Å². The van der Waals surface area contributed by atoms with Crippen LogP contribution in [0, 0.1) is 11.6 Å². The third kappa shape index (κ3) is 6.57. The van der Waals surface area contributed by atoms with Crippen molar-refractivity contribution < 1.29 is 37.0 Å². The topological polar surface area (TPSA) is 127 Å². The van der Waals surface area contributed by atoms with Gasteiger partial charge in [0.2, 0.25) is 11.7 Å². The summed E-state index contributed by atoms with van der Waals surface area (Å²) < 4.78 is 51.2. The van der Waals surface area contributed by atoms with Crippen LogP contribution < -0.4 is 41.0 Å². The van der Waals surface area contributed by atoms with E-state index < -0.39 is 23.0 Å². The lowest BCUT2D eigenvalue weighted by atomic mass is 10.0. The maximum Gasteiger partial charge on any atom is 0.247 e. The first-order valence-electron chi connectivity index (χ1n) is 13.5. The molecule has 1 amide bonds. The van der Waals surface area contributed by atoms with E-state index in [0.29, 0.717) is 30.4 Å². The predicted molar refractivity (Wildman–Crippen MR) is 165 cm³/mol. The summed E-state index contributed by atoms with van der Waals surface area (Å²) in [6.45, 7) is 11.8. The number of amides is 1. The minimum Gasteiger partial charge on any atom is -0.494 e. The van der Waals surface area contributed by atoms with Crippen molar-refractivity contribution in [2.45, 2.75) is 6.92 Å². The second-order valence-corrected chi connectivity index (χ2v) is 9.50. The number of carbonyl (C=O) groups is 2. The Labute approximate surface area is 252 Å². The number of morpholine rings is 1. The highest BCUT2D eigenvalue weighted by molar-refractivity contribution is 6.11. The van der Waals surface area contributed by atoms with Crippen molar-refractivity contribution >= 4 is 53.1 Å². The second kappa shape index (κ2) is 13.9. The summed E-state index contributed by atoms with van der Waals surface area (Å²) in [7, 11) is 3.87. The van der Waals surface area contributed by atoms with Crippen molar-refractivity contribution in [3.05, 3.63) is 70.5 Å². The highest BCUT2D eigenvalue weighted by atomic mass is 19.1. The molecule has 44 heavy (non-hydrogen) atoms. The number of carbonyl (C=O) groups excluding carboxylic acids is 2. The van der Waals surface area contributed by atoms with Gasteiger partial charge in [-0.2, -0.15) is 0 Å². The lowest BCUT2D eigenvalue weighted by molar-refractivity contribution is -0.111. The molecule has 0 atom stereocenters. The van der Waals surface area contributed by atoms with Crippen molar-refractivity contribution in [1.82, 2.24) is 0 Å². The van der Waals surface area contributed by atoms with E-state index in [4.69, 9.17) is 18.6 Å². The zero-order valence-corrected chi connectivity index (χ0v) is 24.8. The van der Waals surface area contributed by atoms with Crippen LogP contribution in [0.2, 0.25) is 0 Å². The number of halogens is 2. The van der Waals surface area contributed by atoms with Crippen LogP contribution in [0.15, 0.2) is 46.3 Å². The fourth-order valence-corrected chi connectivity index (χ4v) is 4.54. The fraction of sp³-hybridized carbons (Fsp3) is 0.258. The monoisotopic (exact) mass is 609 g/mol. The van der Waals surface area contributed by atoms with E-state index in [0.717, 1.165) is 24.8 Å². The van der Waals surface area contributed by atoms with Gasteiger partial charge in [0.25, 0.3) is 0 Å². The Kier molecular flexibility index (Phi) is 10.0. The molecule has 0 aliphatic carbocycles. The van der Waals surface area contributed by atoms with E-state index in [-0.39, 0.29) is 39.5 Å². The number of amidine groups is 1. The quantitative estimate of drug-likeness (QED) is 0.137. The van der Waals surface area contributed by atoms with Crippen LogP contribution in [0.4, 0.5) is 31.5 Å². The maximum absolute atomic E-state index is 15.1. The number of hydrogen-bond donors (Lipinski definition) is 3. The molecular weight excluding hydrogens is 576 g/mol. The first-order valence-corrected chi connectivity index (χ1v) is 13.5. The van der Waals surface area contributed by atoms with Gasteiger partial charge in [-0.3, -0.25) is 9.59 Å². The number of benzene rings is 2. The largest absolute Gasteiger partial charge is 0.494 e. The predicted octanol–water partition coefficient (Wildman–Crippen LogP) is 3.49. The van der Waals surface area contributed by atoms with Gasteiger partial charge >= 0.3 is 0 Å². The van der Waals surface area contributed by atoms with Gasteiger partial charge in [-0.15, -0.1) is 0 Å². The molecule has 1 fully saturated rings. The molecule has 2 heterocycles. The molecule has 13 heteroatoms. The SMILES string of the molecule is C=CC(=O)Nc1cc(N2CCOCC2)ccc1NC(C)=N/C=c1/oc(C(=O)c2c(F)c(OC)cc(OC)c2F)c(NC)c1=C. The zero-order valence-electron chi connectivity index (χ0n) is 24.8. The summed E-state index contributed by atoms with van der Waals surface area (Å²) in [5, 5.41) is 8.97. The van der Waals surface area contributed by atoms with Crippen molar-refractivity contribution in [3.63, 3.8) is 0 Å². The van der Waals surface area contributed by atoms with E-state index >= 15 is 8.78 Å². The van der Waals surface area contributed by atoms with Gasteiger partial charge in [0.1, 0.15) is 11.4 Å². The van der Waals surface area contributed by atoms with Gasteiger partial charge in [-0.05, 0) is 31.2 Å². The first kappa shape index (κ1) is 31.8. The third-order valence-corrected chi connectivity index (χ3v) is 6.81. The number of ketones is 1. The number of hydrogen-bond acceptors (Lipinski definition) is 9. The van der Waals surface area contributed by atoms with E-state index in [1.54, 1.807) is 6.92 Å². The Hall–Kier alpha value is -5.17. The number of ether oxygens (including phenoxy) is 3. The Morgan fingerprint density at radius 2 is 1.70 bits per heavy atom. The second-order valence-electron chi connectivity index (χ2n) is 9.50. The minimum absolute atomic E-state index is 0.0670. The molecule has 11 nitrogen and oxygen atoms in total. The molecule has 1 aromatic heterocycles. The van der Waals surface area contributed by atoms with Gasteiger partial charge in [-0.25, -0.2) is 13.8 Å². The number of nitrogens with one attached hydrogen (secondary N) is 3. The molecular formula is C31H33F2N5O6. The van der Waals surface area contributed by atoms with E-state index in [2.05, 4.69) is 39.0 Å². The molecule has 1 aliphatic heterocycles. The van der Waals surface area contributed by atoms with Gasteiger partial charge in [0.05, 0.1) is 50.7 Å². The zero-order chi connectivity index (χ0) is 32.0. The van der Waals surface area contributed by atoms with Crippen molar-refractivity contribution in [2.75, 3.05) is 68.4 Å². The van der Waals surface area contributed by atoms with Crippen molar-refractivity contribution in [3.8, 4) is 11.5 Å². The highest BCUT2D eigenvalue weighted by Crippen LogP contribution is 2.33. The molecule has 3 aromatic rings. The lowest BCUT2D eigenvalue weighted by Crippen LogP contribution is -2.36. The summed E-state index contributed by atoms with van der Waals surface area (Å²) in [6.07, 6.45) is 2.48. The molecule has 3 N–H and O–H groups in total. The number of nitrogens with zero attached hydrogens (tertiary/aromatic N) is 2. The van der Waals surface area contributed by atoms with Crippen LogP contribution in [0.3, 0.4) is 0 Å². The van der Waals surface area contributed by atoms with E-state index in [9.17, 15) is 9.59 Å². The number of aliphatic imine (C=N–C) groups is 1. The third-order valence-electron chi connectivity index (χ3n) is 6.81. The summed E-state index contributed by atoms with van der Waals surface area (Å²) in [6, 6.07) is 6.57. The molecule has 0 saturated carbocycles. The fourth-order valence-electron chi connectivity index (χ4n) is 4.54. The summed E-state index contributed by atoms with van der Waals surface area (Å²) in [5.41, 5.74) is 1.26. The summed E-state index contributed by atoms with van der Waals surface area (Å²) in [4.78, 5) is 32.0. The smallest absolute Gasteiger partial charge is 0.247 e. The Morgan fingerprint density at radius 1 is 1.05 bits per heavy atom.